The predicted molar refractivity (Wildman–Crippen MR) is 105 cm³/mol. The van der Waals surface area contributed by atoms with Gasteiger partial charge in [0.05, 0.1) is 4.90 Å². The number of sulfonamides is 1. The molecule has 0 saturated heterocycles. The molecule has 3 rings (SSSR count). The average Bonchev–Trinajstić information content (AvgIpc) is 3.18. The van der Waals surface area contributed by atoms with E-state index < -0.39 is 25.1 Å². The number of hydrogen-bond acceptors (Lipinski definition) is 6. The smallest absolute Gasteiger partial charge is 0.240 e. The van der Waals surface area contributed by atoms with Crippen LogP contribution in [0.1, 0.15) is 10.8 Å². The van der Waals surface area contributed by atoms with E-state index in [1.165, 1.54) is 36.7 Å². The van der Waals surface area contributed by atoms with Gasteiger partial charge in [-0.15, -0.1) is 11.3 Å². The lowest BCUT2D eigenvalue weighted by Gasteiger charge is -2.18. The molecule has 1 aromatic carbocycles. The van der Waals surface area contributed by atoms with E-state index >= 15 is 0 Å². The average molecular weight is 443 g/mol. The van der Waals surface area contributed by atoms with E-state index in [0.717, 1.165) is 11.3 Å². The minimum atomic E-state index is -3.93. The lowest BCUT2D eigenvalue weighted by molar-refractivity contribution is 0.569. The van der Waals surface area contributed by atoms with Gasteiger partial charge in [-0.2, -0.15) is 0 Å². The van der Waals surface area contributed by atoms with Crippen molar-refractivity contribution < 1.29 is 16.8 Å². The summed E-state index contributed by atoms with van der Waals surface area (Å²) in [6.07, 6.45) is 2.94. The van der Waals surface area contributed by atoms with Gasteiger partial charge in [-0.1, -0.05) is 29.8 Å². The van der Waals surface area contributed by atoms with Crippen molar-refractivity contribution in [2.45, 2.75) is 14.4 Å². The van der Waals surface area contributed by atoms with Gasteiger partial charge in [0.25, 0.3) is 0 Å². The summed E-state index contributed by atoms with van der Waals surface area (Å²) in [7, 11) is -7.73. The summed E-state index contributed by atoms with van der Waals surface area (Å²) in [6.45, 7) is -0.333. The molecule has 1 unspecified atom stereocenters. The molecule has 0 aliphatic rings. The summed E-state index contributed by atoms with van der Waals surface area (Å²) in [5.74, 6) is 0. The molecular weight excluding hydrogens is 428 g/mol. The number of halogens is 1. The monoisotopic (exact) mass is 442 g/mol. The standard InChI is InChI=1S/C17H15ClN2O4S3/c18-14-5-1-6-15(10-14)27(23,24)20-12-16(13-4-2-8-19-11-13)26(21,22)17-7-3-9-25-17/h1-11,16,20H,12H2. The lowest BCUT2D eigenvalue weighted by Crippen LogP contribution is -2.31. The van der Waals surface area contributed by atoms with Crippen LogP contribution in [-0.2, 0) is 19.9 Å². The zero-order valence-corrected chi connectivity index (χ0v) is 17.0. The van der Waals surface area contributed by atoms with Crippen LogP contribution in [0, 0.1) is 0 Å². The van der Waals surface area contributed by atoms with E-state index in [-0.39, 0.29) is 20.7 Å². The Morgan fingerprint density at radius 2 is 1.89 bits per heavy atom. The maximum Gasteiger partial charge on any atom is 0.240 e. The third kappa shape index (κ3) is 4.56. The van der Waals surface area contributed by atoms with E-state index in [4.69, 9.17) is 11.6 Å². The molecule has 2 heterocycles. The third-order valence-corrected chi connectivity index (χ3v) is 8.96. The first kappa shape index (κ1) is 20.0. The molecule has 0 aliphatic heterocycles. The van der Waals surface area contributed by atoms with Crippen LogP contribution in [0.15, 0.2) is 75.4 Å². The summed E-state index contributed by atoms with van der Waals surface area (Å²) < 4.78 is 53.7. The molecule has 0 spiro atoms. The maximum absolute atomic E-state index is 13.0. The Hall–Kier alpha value is -1.78. The molecule has 0 aliphatic carbocycles. The van der Waals surface area contributed by atoms with Gasteiger partial charge in [-0.25, -0.2) is 21.6 Å². The second-order valence-corrected chi connectivity index (χ2v) is 11.1. The molecule has 0 radical (unpaired) electrons. The number of benzene rings is 1. The van der Waals surface area contributed by atoms with Crippen LogP contribution in [0.5, 0.6) is 0 Å². The van der Waals surface area contributed by atoms with Gasteiger partial charge in [-0.05, 0) is 41.3 Å². The number of pyridine rings is 1. The van der Waals surface area contributed by atoms with Crippen molar-refractivity contribution in [2.24, 2.45) is 0 Å². The van der Waals surface area contributed by atoms with Crippen molar-refractivity contribution in [3.05, 3.63) is 76.9 Å². The molecule has 142 valence electrons. The largest absolute Gasteiger partial charge is 0.264 e. The Morgan fingerprint density at radius 3 is 2.52 bits per heavy atom. The van der Waals surface area contributed by atoms with E-state index in [0.29, 0.717) is 5.56 Å². The minimum absolute atomic E-state index is 0.0338. The Bertz CT molecular complexity index is 1120. The van der Waals surface area contributed by atoms with Gasteiger partial charge in [0.15, 0.2) is 9.84 Å². The molecule has 0 saturated carbocycles. The van der Waals surface area contributed by atoms with Crippen LogP contribution in [-0.4, -0.2) is 28.4 Å². The zero-order valence-electron chi connectivity index (χ0n) is 13.8. The SMILES string of the molecule is O=S(=O)(NCC(c1cccnc1)S(=O)(=O)c1cccs1)c1cccc(Cl)c1. The molecule has 10 heteroatoms. The number of sulfone groups is 1. The second kappa shape index (κ2) is 8.07. The van der Waals surface area contributed by atoms with Crippen LogP contribution < -0.4 is 4.72 Å². The maximum atomic E-state index is 13.0. The molecule has 0 bridgehead atoms. The lowest BCUT2D eigenvalue weighted by atomic mass is 10.2. The van der Waals surface area contributed by atoms with Crippen LogP contribution in [0.3, 0.4) is 0 Å². The fourth-order valence-corrected chi connectivity index (χ4v) is 6.74. The first-order chi connectivity index (χ1) is 12.8. The van der Waals surface area contributed by atoms with Crippen LogP contribution in [0.2, 0.25) is 5.02 Å². The van der Waals surface area contributed by atoms with E-state index in [1.807, 2.05) is 0 Å². The summed E-state index contributed by atoms with van der Waals surface area (Å²) in [5, 5.41) is 0.815. The minimum Gasteiger partial charge on any atom is -0.264 e. The Kier molecular flexibility index (Phi) is 5.97. The predicted octanol–water partition coefficient (Wildman–Crippen LogP) is 3.29. The van der Waals surface area contributed by atoms with E-state index in [1.54, 1.807) is 29.6 Å². The number of nitrogens with one attached hydrogen (secondary N) is 1. The first-order valence-electron chi connectivity index (χ1n) is 7.73. The van der Waals surface area contributed by atoms with Crippen molar-refractivity contribution in [2.75, 3.05) is 6.54 Å². The molecule has 27 heavy (non-hydrogen) atoms. The van der Waals surface area contributed by atoms with Crippen molar-refractivity contribution in [3.8, 4) is 0 Å². The van der Waals surface area contributed by atoms with E-state index in [2.05, 4.69) is 9.71 Å². The van der Waals surface area contributed by atoms with Crippen molar-refractivity contribution in [1.82, 2.24) is 9.71 Å². The Labute approximate surface area is 166 Å². The van der Waals surface area contributed by atoms with Crippen LogP contribution in [0.25, 0.3) is 0 Å². The Balaban J connectivity index is 1.93. The summed E-state index contributed by atoms with van der Waals surface area (Å²) >= 11 is 6.94. The molecule has 1 N–H and O–H groups in total. The number of thiophene rings is 1. The molecule has 0 amide bonds. The highest BCUT2D eigenvalue weighted by atomic mass is 35.5. The van der Waals surface area contributed by atoms with Gasteiger partial charge in [0.2, 0.25) is 10.0 Å². The van der Waals surface area contributed by atoms with Gasteiger partial charge in [-0.3, -0.25) is 4.98 Å². The summed E-state index contributed by atoms with van der Waals surface area (Å²) in [4.78, 5) is 3.93. The molecule has 3 aromatic rings. The molecular formula is C17H15ClN2O4S3. The molecule has 2 aromatic heterocycles. The molecule has 6 nitrogen and oxygen atoms in total. The summed E-state index contributed by atoms with van der Waals surface area (Å²) in [5.41, 5.74) is 0.402. The fourth-order valence-electron chi connectivity index (χ4n) is 2.44. The van der Waals surface area contributed by atoms with Crippen LogP contribution >= 0.6 is 22.9 Å². The zero-order chi connectivity index (χ0) is 19.5. The molecule has 1 atom stereocenters. The number of hydrogen-bond donors (Lipinski definition) is 1. The van der Waals surface area contributed by atoms with Gasteiger partial charge >= 0.3 is 0 Å². The molecule has 0 fully saturated rings. The highest BCUT2D eigenvalue weighted by Gasteiger charge is 2.31. The van der Waals surface area contributed by atoms with Gasteiger partial charge in [0, 0.05) is 24.0 Å². The highest BCUT2D eigenvalue weighted by molar-refractivity contribution is 7.93. The fraction of sp³-hybridized carbons (Fsp3) is 0.118. The normalized spacial score (nSPS) is 13.4. The second-order valence-electron chi connectivity index (χ2n) is 5.56. The quantitative estimate of drug-likeness (QED) is 0.606. The third-order valence-electron chi connectivity index (χ3n) is 3.77. The topological polar surface area (TPSA) is 93.2 Å². The van der Waals surface area contributed by atoms with Gasteiger partial charge in [0.1, 0.15) is 9.46 Å². The number of rotatable bonds is 7. The van der Waals surface area contributed by atoms with Crippen LogP contribution in [0.4, 0.5) is 0 Å². The Morgan fingerprint density at radius 1 is 1.07 bits per heavy atom. The van der Waals surface area contributed by atoms with Gasteiger partial charge < -0.3 is 0 Å². The first-order valence-corrected chi connectivity index (χ1v) is 12.0. The van der Waals surface area contributed by atoms with Crippen molar-refractivity contribution in [3.63, 3.8) is 0 Å². The van der Waals surface area contributed by atoms with Crippen molar-refractivity contribution in [1.29, 1.82) is 0 Å². The number of aromatic nitrogens is 1. The highest BCUT2D eigenvalue weighted by Crippen LogP contribution is 2.31. The number of nitrogens with zero attached hydrogens (tertiary/aromatic N) is 1. The summed E-state index contributed by atoms with van der Waals surface area (Å²) in [6, 6.07) is 12.1. The van der Waals surface area contributed by atoms with Crippen molar-refractivity contribution >= 4 is 42.8 Å². The van der Waals surface area contributed by atoms with E-state index in [9.17, 15) is 16.8 Å².